The third-order valence-electron chi connectivity index (χ3n) is 2.78. The number of ether oxygens (including phenoxy) is 2. The van der Waals surface area contributed by atoms with Crippen molar-refractivity contribution in [2.24, 2.45) is 11.1 Å². The molecule has 2 rings (SSSR count). The first-order chi connectivity index (χ1) is 8.73. The van der Waals surface area contributed by atoms with Crippen LogP contribution in [0.3, 0.4) is 0 Å². The number of amides is 1. The molecule has 0 fully saturated rings. The molecule has 0 spiro atoms. The third-order valence-corrected chi connectivity index (χ3v) is 2.78. The first kappa shape index (κ1) is 13.5. The van der Waals surface area contributed by atoms with Crippen molar-refractivity contribution < 1.29 is 23.0 Å². The molecule has 7 heteroatoms. The van der Waals surface area contributed by atoms with E-state index in [1.807, 2.05) is 0 Å². The number of carbonyl (C=O) groups is 1. The maximum absolute atomic E-state index is 12.8. The van der Waals surface area contributed by atoms with E-state index in [0.29, 0.717) is 5.69 Å². The highest BCUT2D eigenvalue weighted by Gasteiger charge is 2.43. The van der Waals surface area contributed by atoms with Crippen LogP contribution in [0.4, 0.5) is 14.5 Å². The van der Waals surface area contributed by atoms with E-state index < -0.39 is 11.7 Å². The average Bonchev–Trinajstić information content (AvgIpc) is 2.62. The number of hydrogen-bond donors (Lipinski definition) is 2. The highest BCUT2D eigenvalue weighted by Crippen LogP contribution is 2.42. The highest BCUT2D eigenvalue weighted by molar-refractivity contribution is 5.95. The lowest BCUT2D eigenvalue weighted by atomic mass is 9.92. The average molecular weight is 272 g/mol. The number of benzene rings is 1. The third kappa shape index (κ3) is 2.76. The number of halogens is 2. The van der Waals surface area contributed by atoms with E-state index in [9.17, 15) is 13.6 Å². The van der Waals surface area contributed by atoms with Crippen LogP contribution in [0.15, 0.2) is 18.2 Å². The van der Waals surface area contributed by atoms with Crippen molar-refractivity contribution in [2.45, 2.75) is 20.1 Å². The van der Waals surface area contributed by atoms with Crippen molar-refractivity contribution in [1.29, 1.82) is 0 Å². The van der Waals surface area contributed by atoms with Crippen LogP contribution >= 0.6 is 0 Å². The normalized spacial score (nSPS) is 16.3. The molecule has 5 nitrogen and oxygen atoms in total. The zero-order valence-electron chi connectivity index (χ0n) is 10.5. The van der Waals surface area contributed by atoms with Crippen LogP contribution < -0.4 is 20.5 Å². The van der Waals surface area contributed by atoms with Crippen LogP contribution in [0.1, 0.15) is 13.8 Å². The molecule has 104 valence electrons. The number of nitrogens with one attached hydrogen (secondary N) is 1. The molecule has 19 heavy (non-hydrogen) atoms. The topological polar surface area (TPSA) is 73.6 Å². The van der Waals surface area contributed by atoms with E-state index in [0.717, 1.165) is 0 Å². The minimum Gasteiger partial charge on any atom is -0.395 e. The highest BCUT2D eigenvalue weighted by atomic mass is 19.3. The molecule has 3 N–H and O–H groups in total. The number of hydrogen-bond acceptors (Lipinski definition) is 4. The van der Waals surface area contributed by atoms with Crippen molar-refractivity contribution in [1.82, 2.24) is 0 Å². The molecule has 0 aromatic heterocycles. The summed E-state index contributed by atoms with van der Waals surface area (Å²) in [7, 11) is 0. The van der Waals surface area contributed by atoms with Crippen LogP contribution in [-0.2, 0) is 4.79 Å². The van der Waals surface area contributed by atoms with Crippen molar-refractivity contribution in [3.63, 3.8) is 0 Å². The van der Waals surface area contributed by atoms with E-state index in [2.05, 4.69) is 14.8 Å². The molecule has 0 aliphatic carbocycles. The molecule has 1 heterocycles. The Morgan fingerprint density at radius 3 is 2.63 bits per heavy atom. The number of nitrogens with two attached hydrogens (primary N) is 1. The predicted molar refractivity (Wildman–Crippen MR) is 64.1 cm³/mol. The Morgan fingerprint density at radius 2 is 2.00 bits per heavy atom. The molecular formula is C12H14F2N2O3. The van der Waals surface area contributed by atoms with Crippen LogP contribution in [0, 0.1) is 5.41 Å². The summed E-state index contributed by atoms with van der Waals surface area (Å²) in [5.41, 5.74) is 5.07. The SMILES string of the molecule is CC(C)(CN)C(=O)Nc1ccc2c(c1)OC(F)(F)O2. The molecular weight excluding hydrogens is 258 g/mol. The Labute approximate surface area is 108 Å². The van der Waals surface area contributed by atoms with Gasteiger partial charge in [0.05, 0.1) is 5.41 Å². The zero-order valence-corrected chi connectivity index (χ0v) is 10.5. The van der Waals surface area contributed by atoms with Gasteiger partial charge in [-0.25, -0.2) is 0 Å². The maximum Gasteiger partial charge on any atom is 0.586 e. The molecule has 0 saturated heterocycles. The molecule has 1 amide bonds. The van der Waals surface area contributed by atoms with E-state index in [1.165, 1.54) is 18.2 Å². The van der Waals surface area contributed by atoms with Gasteiger partial charge in [0.25, 0.3) is 0 Å². The Morgan fingerprint density at radius 1 is 1.37 bits per heavy atom. The maximum atomic E-state index is 12.8. The number of fused-ring (bicyclic) bond motifs is 1. The Bertz CT molecular complexity index is 518. The Kier molecular flexibility index (Phi) is 3.09. The molecule has 0 unspecified atom stereocenters. The van der Waals surface area contributed by atoms with Crippen molar-refractivity contribution in [3.05, 3.63) is 18.2 Å². The second kappa shape index (κ2) is 4.34. The standard InChI is InChI=1S/C12H14F2N2O3/c1-11(2,6-15)10(17)16-7-3-4-8-9(5-7)19-12(13,14)18-8/h3-5H,6,15H2,1-2H3,(H,16,17). The summed E-state index contributed by atoms with van der Waals surface area (Å²) >= 11 is 0. The summed E-state index contributed by atoms with van der Waals surface area (Å²) in [5.74, 6) is -0.491. The van der Waals surface area contributed by atoms with E-state index in [-0.39, 0.29) is 24.0 Å². The van der Waals surface area contributed by atoms with Crippen molar-refractivity contribution in [2.75, 3.05) is 11.9 Å². The van der Waals surface area contributed by atoms with Gasteiger partial charge in [-0.3, -0.25) is 4.79 Å². The van der Waals surface area contributed by atoms with Crippen LogP contribution in [-0.4, -0.2) is 18.7 Å². The van der Waals surface area contributed by atoms with Crippen LogP contribution in [0.2, 0.25) is 0 Å². The molecule has 0 atom stereocenters. The largest absolute Gasteiger partial charge is 0.586 e. The fourth-order valence-electron chi connectivity index (χ4n) is 1.42. The summed E-state index contributed by atoms with van der Waals surface area (Å²) in [4.78, 5) is 11.9. The van der Waals surface area contributed by atoms with Gasteiger partial charge < -0.3 is 20.5 Å². The van der Waals surface area contributed by atoms with Gasteiger partial charge in [-0.2, -0.15) is 0 Å². The summed E-state index contributed by atoms with van der Waals surface area (Å²) in [6.45, 7) is 3.54. The lowest BCUT2D eigenvalue weighted by Gasteiger charge is -2.21. The predicted octanol–water partition coefficient (Wildman–Crippen LogP) is 1.93. The first-order valence-corrected chi connectivity index (χ1v) is 5.65. The number of anilines is 1. The van der Waals surface area contributed by atoms with E-state index in [4.69, 9.17) is 5.73 Å². The Hall–Kier alpha value is -1.89. The van der Waals surface area contributed by atoms with Gasteiger partial charge in [0.1, 0.15) is 0 Å². The van der Waals surface area contributed by atoms with Gasteiger partial charge in [0.15, 0.2) is 11.5 Å². The van der Waals surface area contributed by atoms with Gasteiger partial charge >= 0.3 is 6.29 Å². The van der Waals surface area contributed by atoms with Gasteiger partial charge in [0, 0.05) is 18.3 Å². The molecule has 1 aliphatic heterocycles. The summed E-state index contributed by atoms with van der Waals surface area (Å²) in [6, 6.07) is 4.04. The minimum absolute atomic E-state index is 0.0684. The van der Waals surface area contributed by atoms with Crippen molar-refractivity contribution >= 4 is 11.6 Å². The molecule has 1 aromatic rings. The van der Waals surface area contributed by atoms with Gasteiger partial charge in [-0.15, -0.1) is 8.78 Å². The van der Waals surface area contributed by atoms with E-state index >= 15 is 0 Å². The second-order valence-electron chi connectivity index (χ2n) is 4.87. The van der Waals surface area contributed by atoms with Crippen molar-refractivity contribution in [3.8, 4) is 11.5 Å². The Balaban J connectivity index is 2.15. The van der Waals surface area contributed by atoms with Crippen LogP contribution in [0.5, 0.6) is 11.5 Å². The molecule has 0 saturated carbocycles. The molecule has 0 bridgehead atoms. The number of alkyl halides is 2. The smallest absolute Gasteiger partial charge is 0.395 e. The monoisotopic (exact) mass is 272 g/mol. The number of carbonyl (C=O) groups excluding carboxylic acids is 1. The lowest BCUT2D eigenvalue weighted by Crippen LogP contribution is -2.37. The second-order valence-corrected chi connectivity index (χ2v) is 4.87. The summed E-state index contributed by atoms with van der Waals surface area (Å²) < 4.78 is 34.2. The first-order valence-electron chi connectivity index (χ1n) is 5.65. The fraction of sp³-hybridized carbons (Fsp3) is 0.417. The van der Waals surface area contributed by atoms with Gasteiger partial charge in [-0.05, 0) is 26.0 Å². The molecule has 0 radical (unpaired) electrons. The summed E-state index contributed by atoms with van der Waals surface area (Å²) in [6.07, 6.45) is -3.67. The molecule has 1 aromatic carbocycles. The molecule has 1 aliphatic rings. The van der Waals surface area contributed by atoms with Gasteiger partial charge in [-0.1, -0.05) is 0 Å². The quantitative estimate of drug-likeness (QED) is 0.881. The number of rotatable bonds is 3. The lowest BCUT2D eigenvalue weighted by molar-refractivity contribution is -0.286. The van der Waals surface area contributed by atoms with Crippen LogP contribution in [0.25, 0.3) is 0 Å². The summed E-state index contributed by atoms with van der Waals surface area (Å²) in [5, 5.41) is 2.59. The fourth-order valence-corrected chi connectivity index (χ4v) is 1.42. The van der Waals surface area contributed by atoms with E-state index in [1.54, 1.807) is 13.8 Å². The van der Waals surface area contributed by atoms with Gasteiger partial charge in [0.2, 0.25) is 5.91 Å². The zero-order chi connectivity index (χ0) is 14.3. The minimum atomic E-state index is -3.67.